The standard InChI is InChI=1S/C19H16ClNO4S3/c1-27-8-7-14(18(23)24)21-17(22)16(28-19(21)26)10-13-5-6-15(25-13)11-3-2-4-12(20)9-11/h2-6,9-10,14H,7-8H2,1H3,(H,23,24). The van der Waals surface area contributed by atoms with E-state index in [9.17, 15) is 14.7 Å². The van der Waals surface area contributed by atoms with Gasteiger partial charge in [0, 0.05) is 16.7 Å². The Labute approximate surface area is 181 Å². The number of halogens is 1. The number of furan rings is 1. The molecule has 0 radical (unpaired) electrons. The van der Waals surface area contributed by atoms with Gasteiger partial charge in [-0.05, 0) is 42.7 Å². The van der Waals surface area contributed by atoms with Gasteiger partial charge < -0.3 is 9.52 Å². The lowest BCUT2D eigenvalue weighted by atomic mass is 10.2. The lowest BCUT2D eigenvalue weighted by molar-refractivity contribution is -0.145. The third-order valence-corrected chi connectivity index (χ3v) is 6.23. The zero-order chi connectivity index (χ0) is 20.3. The molecule has 0 spiro atoms. The van der Waals surface area contributed by atoms with Crippen molar-refractivity contribution in [2.45, 2.75) is 12.5 Å². The number of nitrogens with zero attached hydrogens (tertiary/aromatic N) is 1. The highest BCUT2D eigenvalue weighted by Crippen LogP contribution is 2.35. The number of amides is 1. The molecule has 1 amide bonds. The molecule has 1 atom stereocenters. The number of carbonyl (C=O) groups is 2. The fourth-order valence-electron chi connectivity index (χ4n) is 2.70. The van der Waals surface area contributed by atoms with E-state index in [0.717, 1.165) is 17.3 Å². The molecule has 1 aliphatic rings. The molecule has 1 N–H and O–H groups in total. The molecule has 2 heterocycles. The van der Waals surface area contributed by atoms with Gasteiger partial charge in [-0.2, -0.15) is 11.8 Å². The Balaban J connectivity index is 1.83. The fraction of sp³-hybridized carbons (Fsp3) is 0.211. The van der Waals surface area contributed by atoms with Crippen LogP contribution in [0.25, 0.3) is 17.4 Å². The molecule has 1 aliphatic heterocycles. The second kappa shape index (κ2) is 9.17. The van der Waals surface area contributed by atoms with Crippen LogP contribution in [0.1, 0.15) is 12.2 Å². The van der Waals surface area contributed by atoms with Gasteiger partial charge in [-0.3, -0.25) is 9.69 Å². The summed E-state index contributed by atoms with van der Waals surface area (Å²) in [6.45, 7) is 0. The summed E-state index contributed by atoms with van der Waals surface area (Å²) in [4.78, 5) is 25.9. The van der Waals surface area contributed by atoms with Crippen molar-refractivity contribution in [3.8, 4) is 11.3 Å². The second-order valence-corrected chi connectivity index (χ2v) is 9.00. The van der Waals surface area contributed by atoms with Crippen molar-refractivity contribution in [2.75, 3.05) is 12.0 Å². The molecule has 1 saturated heterocycles. The molecule has 2 aromatic rings. The van der Waals surface area contributed by atoms with Crippen LogP contribution in [0.4, 0.5) is 0 Å². The first-order valence-corrected chi connectivity index (χ1v) is 11.2. The van der Waals surface area contributed by atoms with Gasteiger partial charge in [0.05, 0.1) is 4.91 Å². The largest absolute Gasteiger partial charge is 0.480 e. The molecule has 0 aliphatic carbocycles. The first-order valence-electron chi connectivity index (χ1n) is 8.25. The monoisotopic (exact) mass is 453 g/mol. The summed E-state index contributed by atoms with van der Waals surface area (Å²) >= 11 is 13.9. The molecule has 0 bridgehead atoms. The van der Waals surface area contributed by atoms with E-state index in [2.05, 4.69) is 0 Å². The number of hydrogen-bond donors (Lipinski definition) is 1. The van der Waals surface area contributed by atoms with Crippen LogP contribution in [0, 0.1) is 0 Å². The van der Waals surface area contributed by atoms with Gasteiger partial charge in [0.25, 0.3) is 5.91 Å². The number of aliphatic carboxylic acids is 1. The average Bonchev–Trinajstić information content (AvgIpc) is 3.22. The van der Waals surface area contributed by atoms with Crippen molar-refractivity contribution in [2.24, 2.45) is 0 Å². The van der Waals surface area contributed by atoms with Crippen LogP contribution < -0.4 is 0 Å². The van der Waals surface area contributed by atoms with Crippen molar-refractivity contribution >= 4 is 69.6 Å². The summed E-state index contributed by atoms with van der Waals surface area (Å²) in [5.41, 5.74) is 0.822. The van der Waals surface area contributed by atoms with E-state index < -0.39 is 17.9 Å². The maximum absolute atomic E-state index is 12.8. The van der Waals surface area contributed by atoms with E-state index in [-0.39, 0.29) is 4.32 Å². The highest BCUT2D eigenvalue weighted by molar-refractivity contribution is 8.26. The lowest BCUT2D eigenvalue weighted by Gasteiger charge is -2.22. The molecule has 3 rings (SSSR count). The van der Waals surface area contributed by atoms with Gasteiger partial charge >= 0.3 is 5.97 Å². The zero-order valence-corrected chi connectivity index (χ0v) is 18.0. The molecule has 1 unspecified atom stereocenters. The third kappa shape index (κ3) is 4.63. The molecule has 9 heteroatoms. The summed E-state index contributed by atoms with van der Waals surface area (Å²) in [5, 5.41) is 10.1. The van der Waals surface area contributed by atoms with Crippen LogP contribution in [-0.4, -0.2) is 44.3 Å². The molecule has 28 heavy (non-hydrogen) atoms. The molecule has 146 valence electrons. The van der Waals surface area contributed by atoms with Gasteiger partial charge in [0.15, 0.2) is 0 Å². The van der Waals surface area contributed by atoms with Crippen molar-refractivity contribution in [3.63, 3.8) is 0 Å². The summed E-state index contributed by atoms with van der Waals surface area (Å²) in [5.74, 6) is 0.241. The minimum Gasteiger partial charge on any atom is -0.480 e. The highest BCUT2D eigenvalue weighted by Gasteiger charge is 2.40. The third-order valence-electron chi connectivity index (χ3n) is 4.02. The van der Waals surface area contributed by atoms with Crippen molar-refractivity contribution in [1.82, 2.24) is 4.90 Å². The van der Waals surface area contributed by atoms with Crippen LogP contribution in [-0.2, 0) is 9.59 Å². The Morgan fingerprint density at radius 1 is 1.43 bits per heavy atom. The van der Waals surface area contributed by atoms with E-state index in [1.54, 1.807) is 30.3 Å². The Morgan fingerprint density at radius 2 is 2.21 bits per heavy atom. The van der Waals surface area contributed by atoms with Gasteiger partial charge in [0.1, 0.15) is 21.9 Å². The zero-order valence-electron chi connectivity index (χ0n) is 14.8. The number of rotatable bonds is 7. The number of carboxylic acid groups (broad SMARTS) is 1. The quantitative estimate of drug-likeness (QED) is 0.466. The molecular weight excluding hydrogens is 438 g/mol. The van der Waals surface area contributed by atoms with Crippen LogP contribution in [0.2, 0.25) is 5.02 Å². The number of carbonyl (C=O) groups excluding carboxylic acids is 1. The fourth-order valence-corrected chi connectivity index (χ4v) is 4.68. The van der Waals surface area contributed by atoms with Gasteiger partial charge in [-0.15, -0.1) is 0 Å². The van der Waals surface area contributed by atoms with Gasteiger partial charge in [-0.25, -0.2) is 4.79 Å². The second-order valence-electron chi connectivity index (χ2n) is 5.90. The summed E-state index contributed by atoms with van der Waals surface area (Å²) < 4.78 is 6.04. The average molecular weight is 454 g/mol. The van der Waals surface area contributed by atoms with E-state index in [1.807, 2.05) is 18.4 Å². The molecule has 1 aromatic heterocycles. The van der Waals surface area contributed by atoms with Crippen LogP contribution in [0.3, 0.4) is 0 Å². The minimum absolute atomic E-state index is 0.242. The smallest absolute Gasteiger partial charge is 0.326 e. The molecule has 0 saturated carbocycles. The van der Waals surface area contributed by atoms with Crippen LogP contribution in [0.5, 0.6) is 0 Å². The number of carboxylic acids is 1. The summed E-state index contributed by atoms with van der Waals surface area (Å²) in [6, 6.07) is 9.82. The number of thioether (sulfide) groups is 2. The summed E-state index contributed by atoms with van der Waals surface area (Å²) in [7, 11) is 0. The Kier molecular flexibility index (Phi) is 6.87. The minimum atomic E-state index is -1.06. The Hall–Kier alpha value is -1.74. The molecule has 1 fully saturated rings. The van der Waals surface area contributed by atoms with Crippen molar-refractivity contribution in [3.05, 3.63) is 52.1 Å². The number of thiocarbonyl (C=S) groups is 1. The van der Waals surface area contributed by atoms with E-state index >= 15 is 0 Å². The maximum atomic E-state index is 12.8. The summed E-state index contributed by atoms with van der Waals surface area (Å²) in [6.07, 6.45) is 3.80. The first-order chi connectivity index (χ1) is 13.4. The predicted octanol–water partition coefficient (Wildman–Crippen LogP) is 5.01. The maximum Gasteiger partial charge on any atom is 0.326 e. The highest BCUT2D eigenvalue weighted by atomic mass is 35.5. The Morgan fingerprint density at radius 3 is 2.89 bits per heavy atom. The SMILES string of the molecule is CSCCC(C(=O)O)N1C(=O)C(=Cc2ccc(-c3cccc(Cl)c3)o2)SC1=S. The molecule has 5 nitrogen and oxygen atoms in total. The normalized spacial score (nSPS) is 16.8. The van der Waals surface area contributed by atoms with Gasteiger partial charge in [-0.1, -0.05) is 47.7 Å². The number of hydrogen-bond acceptors (Lipinski definition) is 6. The van der Waals surface area contributed by atoms with Crippen LogP contribution in [0.15, 0.2) is 45.7 Å². The van der Waals surface area contributed by atoms with E-state index in [1.165, 1.54) is 16.7 Å². The Bertz CT molecular complexity index is 956. The van der Waals surface area contributed by atoms with E-state index in [4.69, 9.17) is 28.2 Å². The van der Waals surface area contributed by atoms with E-state index in [0.29, 0.717) is 33.6 Å². The molecule has 1 aromatic carbocycles. The van der Waals surface area contributed by atoms with Gasteiger partial charge in [0.2, 0.25) is 0 Å². The molecular formula is C19H16ClNO4S3. The van der Waals surface area contributed by atoms with Crippen LogP contribution >= 0.6 is 47.3 Å². The lowest BCUT2D eigenvalue weighted by Crippen LogP contribution is -2.44. The predicted molar refractivity (Wildman–Crippen MR) is 119 cm³/mol. The van der Waals surface area contributed by atoms with Crippen molar-refractivity contribution in [1.29, 1.82) is 0 Å². The van der Waals surface area contributed by atoms with Crippen molar-refractivity contribution < 1.29 is 19.1 Å². The topological polar surface area (TPSA) is 70.8 Å². The first kappa shape index (κ1) is 21.0. The number of benzene rings is 1.